The Morgan fingerprint density at radius 3 is 1.64 bits per heavy atom. The molecule has 0 bridgehead atoms. The van der Waals surface area contributed by atoms with Gasteiger partial charge in [0.2, 0.25) is 12.0 Å². The second-order valence-corrected chi connectivity index (χ2v) is 4.12. The van der Waals surface area contributed by atoms with Crippen molar-refractivity contribution in [2.45, 2.75) is 6.92 Å². The van der Waals surface area contributed by atoms with Crippen molar-refractivity contribution in [2.75, 3.05) is 19.8 Å². The predicted molar refractivity (Wildman–Crippen MR) is 97.7 cm³/mol. The standard InChI is InChI=1S/C6H5NO2.C6H7N.C3H7NO.C2H3NO/c8-7(9)6-4-2-1-3-5-6;7-6-4-2-1-3-5-6;1-3(5)4-2;1-3-2-4/h1-5H;1-5H,7H2;1-2H3,(H,4,5);1H3. The van der Waals surface area contributed by atoms with Crippen LogP contribution >= 0.6 is 0 Å². The summed E-state index contributed by atoms with van der Waals surface area (Å²) in [5.41, 5.74) is 6.32. The van der Waals surface area contributed by atoms with Crippen LogP contribution in [0.5, 0.6) is 0 Å². The first-order valence-corrected chi connectivity index (χ1v) is 7.03. The van der Waals surface area contributed by atoms with Crippen molar-refractivity contribution < 1.29 is 14.5 Å². The van der Waals surface area contributed by atoms with Gasteiger partial charge >= 0.3 is 0 Å². The van der Waals surface area contributed by atoms with E-state index in [2.05, 4.69) is 10.3 Å². The molecule has 0 radical (unpaired) electrons. The number of rotatable bonds is 1. The van der Waals surface area contributed by atoms with Gasteiger partial charge in [-0.05, 0) is 12.1 Å². The second-order valence-electron chi connectivity index (χ2n) is 4.12. The molecule has 3 N–H and O–H groups in total. The van der Waals surface area contributed by atoms with Crippen LogP contribution in [0.3, 0.4) is 0 Å². The summed E-state index contributed by atoms with van der Waals surface area (Å²) in [6.07, 6.45) is 1.31. The summed E-state index contributed by atoms with van der Waals surface area (Å²) in [6.45, 7) is 1.47. The summed E-state index contributed by atoms with van der Waals surface area (Å²) < 4.78 is 0. The Morgan fingerprint density at radius 2 is 1.48 bits per heavy atom. The second kappa shape index (κ2) is 16.9. The van der Waals surface area contributed by atoms with E-state index in [4.69, 9.17) is 10.5 Å². The fraction of sp³-hybridized carbons (Fsp3) is 0.176. The van der Waals surface area contributed by atoms with E-state index in [1.54, 1.807) is 25.2 Å². The summed E-state index contributed by atoms with van der Waals surface area (Å²) in [5.74, 6) is 0.00463. The van der Waals surface area contributed by atoms with Crippen LogP contribution in [-0.4, -0.2) is 31.0 Å². The molecule has 2 aromatic carbocycles. The van der Waals surface area contributed by atoms with Gasteiger partial charge in [-0.1, -0.05) is 36.4 Å². The molecule has 0 heterocycles. The maximum atomic E-state index is 10.0. The van der Waals surface area contributed by atoms with Crippen LogP contribution in [0.2, 0.25) is 0 Å². The topological polar surface area (TPSA) is 128 Å². The Labute approximate surface area is 146 Å². The van der Waals surface area contributed by atoms with Gasteiger partial charge in [-0.2, -0.15) is 0 Å². The van der Waals surface area contributed by atoms with Crippen molar-refractivity contribution in [3.8, 4) is 0 Å². The first-order valence-electron chi connectivity index (χ1n) is 7.03. The van der Waals surface area contributed by atoms with Gasteiger partial charge in [0.05, 0.1) is 4.92 Å². The van der Waals surface area contributed by atoms with E-state index in [-0.39, 0.29) is 11.6 Å². The van der Waals surface area contributed by atoms with Crippen molar-refractivity contribution in [1.82, 2.24) is 5.32 Å². The van der Waals surface area contributed by atoms with Gasteiger partial charge in [-0.3, -0.25) is 14.9 Å². The van der Waals surface area contributed by atoms with E-state index < -0.39 is 4.92 Å². The Morgan fingerprint density at radius 1 is 1.12 bits per heavy atom. The summed E-state index contributed by atoms with van der Waals surface area (Å²) in [6, 6.07) is 17.4. The van der Waals surface area contributed by atoms with Gasteiger partial charge < -0.3 is 11.1 Å². The first-order chi connectivity index (χ1) is 11.9. The van der Waals surface area contributed by atoms with Gasteiger partial charge in [-0.15, -0.1) is 0 Å². The van der Waals surface area contributed by atoms with E-state index >= 15 is 0 Å². The number of anilines is 1. The van der Waals surface area contributed by atoms with Gasteiger partial charge in [0.15, 0.2) is 0 Å². The molecule has 0 saturated heterocycles. The van der Waals surface area contributed by atoms with Crippen LogP contribution in [-0.2, 0) is 9.59 Å². The Bertz CT molecular complexity index is 642. The molecule has 8 nitrogen and oxygen atoms in total. The maximum Gasteiger partial charge on any atom is 0.269 e. The monoisotopic (exact) mass is 346 g/mol. The molecule has 0 aromatic heterocycles. The molecule has 0 aliphatic rings. The van der Waals surface area contributed by atoms with E-state index in [0.717, 1.165) is 5.69 Å². The molecule has 8 heteroatoms. The number of aliphatic imine (C=N–C) groups is 1. The molecule has 25 heavy (non-hydrogen) atoms. The number of isocyanates is 1. The number of nitro benzene ring substituents is 1. The average Bonchev–Trinajstić information content (AvgIpc) is 2.64. The third-order valence-corrected chi connectivity index (χ3v) is 2.21. The predicted octanol–water partition coefficient (Wildman–Crippen LogP) is 2.57. The van der Waals surface area contributed by atoms with Gasteiger partial charge in [0.25, 0.3) is 5.69 Å². The molecule has 0 unspecified atom stereocenters. The Kier molecular flexibility index (Phi) is 16.0. The molecule has 0 aliphatic carbocycles. The van der Waals surface area contributed by atoms with E-state index in [1.165, 1.54) is 32.2 Å². The Hall–Kier alpha value is -3.51. The minimum absolute atomic E-state index is 0.00463. The van der Waals surface area contributed by atoms with E-state index in [0.29, 0.717) is 0 Å². The molecule has 2 rings (SSSR count). The largest absolute Gasteiger partial charge is 0.399 e. The molecule has 134 valence electrons. The number of carbonyl (C=O) groups excluding carboxylic acids is 2. The summed E-state index contributed by atoms with van der Waals surface area (Å²) in [5, 5.41) is 12.4. The number of nitrogens with two attached hydrogens (primary N) is 1. The smallest absolute Gasteiger partial charge is 0.269 e. The van der Waals surface area contributed by atoms with Gasteiger partial charge in [-0.25, -0.2) is 9.79 Å². The Balaban J connectivity index is 0. The fourth-order valence-electron chi connectivity index (χ4n) is 1.00. The minimum atomic E-state index is -0.417. The number of nitro groups is 1. The number of para-hydroxylation sites is 2. The zero-order chi connectivity index (χ0) is 19.5. The highest BCUT2D eigenvalue weighted by molar-refractivity contribution is 5.72. The zero-order valence-electron chi connectivity index (χ0n) is 14.4. The third-order valence-electron chi connectivity index (χ3n) is 2.21. The average molecular weight is 346 g/mol. The van der Waals surface area contributed by atoms with Gasteiger partial charge in [0, 0.05) is 38.8 Å². The molecule has 0 atom stereocenters. The lowest BCUT2D eigenvalue weighted by molar-refractivity contribution is -0.384. The van der Waals surface area contributed by atoms with Crippen LogP contribution in [0, 0.1) is 10.1 Å². The highest BCUT2D eigenvalue weighted by atomic mass is 16.6. The third kappa shape index (κ3) is 18.4. The molecule has 2 aromatic rings. The SMILES string of the molecule is CN=C=O.CNC(C)=O.Nc1ccccc1.O=[N+]([O-])c1ccccc1. The minimum Gasteiger partial charge on any atom is -0.399 e. The number of nitrogens with one attached hydrogen (secondary N) is 1. The van der Waals surface area contributed by atoms with Crippen molar-refractivity contribution in [2.24, 2.45) is 4.99 Å². The highest BCUT2D eigenvalue weighted by Crippen LogP contribution is 2.06. The lowest BCUT2D eigenvalue weighted by atomic mass is 10.3. The van der Waals surface area contributed by atoms with Crippen molar-refractivity contribution in [3.05, 3.63) is 70.8 Å². The number of amides is 1. The molecule has 0 aliphatic heterocycles. The normalized spacial score (nSPS) is 7.64. The number of non-ortho nitro benzene ring substituents is 1. The highest BCUT2D eigenvalue weighted by Gasteiger charge is 1.98. The summed E-state index contributed by atoms with van der Waals surface area (Å²) in [7, 11) is 2.98. The fourth-order valence-corrected chi connectivity index (χ4v) is 1.00. The lowest BCUT2D eigenvalue weighted by Crippen LogP contribution is -2.11. The molecular formula is C17H22N4O4. The van der Waals surface area contributed by atoms with Gasteiger partial charge in [0.1, 0.15) is 0 Å². The number of benzene rings is 2. The molecule has 1 amide bonds. The van der Waals surface area contributed by atoms with Crippen molar-refractivity contribution >= 4 is 23.4 Å². The number of nitrogens with zero attached hydrogens (tertiary/aromatic N) is 2. The quantitative estimate of drug-likeness (QED) is 0.270. The number of nitrogen functional groups attached to an aromatic ring is 1. The maximum absolute atomic E-state index is 10.0. The van der Waals surface area contributed by atoms with Crippen molar-refractivity contribution in [3.63, 3.8) is 0 Å². The summed E-state index contributed by atoms with van der Waals surface area (Å²) >= 11 is 0. The van der Waals surface area contributed by atoms with Crippen LogP contribution in [0.15, 0.2) is 65.7 Å². The van der Waals surface area contributed by atoms with E-state index in [9.17, 15) is 14.9 Å². The lowest BCUT2D eigenvalue weighted by Gasteiger charge is -1.85. The van der Waals surface area contributed by atoms with Crippen molar-refractivity contribution in [1.29, 1.82) is 0 Å². The molecule has 0 spiro atoms. The molecular weight excluding hydrogens is 324 g/mol. The first kappa shape index (κ1) is 23.8. The van der Waals surface area contributed by atoms with E-state index in [1.807, 2.05) is 30.3 Å². The van der Waals surface area contributed by atoms with Crippen LogP contribution in [0.1, 0.15) is 6.92 Å². The van der Waals surface area contributed by atoms with Crippen LogP contribution < -0.4 is 11.1 Å². The number of carbonyl (C=O) groups is 1. The van der Waals surface area contributed by atoms with Crippen LogP contribution in [0.25, 0.3) is 0 Å². The summed E-state index contributed by atoms with van der Waals surface area (Å²) in [4.78, 5) is 31.1. The molecule has 0 fully saturated rings. The number of hydrogen-bond acceptors (Lipinski definition) is 6. The number of hydrogen-bond donors (Lipinski definition) is 2. The molecule has 0 saturated carbocycles. The zero-order valence-corrected chi connectivity index (χ0v) is 14.4. The van der Waals surface area contributed by atoms with Crippen LogP contribution in [0.4, 0.5) is 11.4 Å².